The number of carbonyl (C=O) groups excluding carboxylic acids is 1. The lowest BCUT2D eigenvalue weighted by molar-refractivity contribution is -0.884. The van der Waals surface area contributed by atoms with E-state index in [0.717, 1.165) is 0 Å². The van der Waals surface area contributed by atoms with Gasteiger partial charge < -0.3 is 14.4 Å². The van der Waals surface area contributed by atoms with Crippen molar-refractivity contribution in [3.63, 3.8) is 0 Å². The zero-order valence-corrected chi connectivity index (χ0v) is 16.3. The SMILES string of the molecule is C[N+](C)(CCCNS(=O)(=O)Cc1cc(C(F)(F)F)cc(C(F)(F)F)c1)CC(=O)[O-]. The molecule has 0 saturated carbocycles. The van der Waals surface area contributed by atoms with Crippen molar-refractivity contribution in [2.24, 2.45) is 0 Å². The van der Waals surface area contributed by atoms with Crippen LogP contribution in [0.3, 0.4) is 0 Å². The molecule has 0 aliphatic carbocycles. The Hall–Kier alpha value is -1.86. The van der Waals surface area contributed by atoms with Crippen LogP contribution < -0.4 is 9.83 Å². The first-order valence-electron chi connectivity index (χ1n) is 8.19. The van der Waals surface area contributed by atoms with Crippen LogP contribution in [0.15, 0.2) is 18.2 Å². The first-order valence-corrected chi connectivity index (χ1v) is 9.84. The molecule has 6 nitrogen and oxygen atoms in total. The van der Waals surface area contributed by atoms with Crippen LogP contribution >= 0.6 is 0 Å². The number of hydrogen-bond acceptors (Lipinski definition) is 4. The van der Waals surface area contributed by atoms with Crippen molar-refractivity contribution >= 4 is 16.0 Å². The summed E-state index contributed by atoms with van der Waals surface area (Å²) in [7, 11) is -1.07. The molecular weight excluding hydrogens is 430 g/mol. The number of sulfonamides is 1. The molecule has 0 atom stereocenters. The lowest BCUT2D eigenvalue weighted by atomic mass is 10.1. The Morgan fingerprint density at radius 1 is 1.03 bits per heavy atom. The number of halogens is 6. The highest BCUT2D eigenvalue weighted by Gasteiger charge is 2.37. The minimum absolute atomic E-state index is 0.00658. The van der Waals surface area contributed by atoms with Gasteiger partial charge >= 0.3 is 12.4 Å². The van der Waals surface area contributed by atoms with Gasteiger partial charge in [0, 0.05) is 13.0 Å². The zero-order chi connectivity index (χ0) is 22.7. The molecule has 1 aromatic rings. The molecule has 1 N–H and O–H groups in total. The molecule has 0 fully saturated rings. The average Bonchev–Trinajstić information content (AvgIpc) is 2.48. The van der Waals surface area contributed by atoms with Gasteiger partial charge in [-0.05, 0) is 23.8 Å². The van der Waals surface area contributed by atoms with E-state index in [-0.39, 0.29) is 36.6 Å². The fourth-order valence-electron chi connectivity index (χ4n) is 2.54. The van der Waals surface area contributed by atoms with Crippen molar-refractivity contribution in [2.45, 2.75) is 24.5 Å². The lowest BCUT2D eigenvalue weighted by Crippen LogP contribution is -2.49. The van der Waals surface area contributed by atoms with Gasteiger partial charge in [-0.15, -0.1) is 0 Å². The Labute approximate surface area is 163 Å². The summed E-state index contributed by atoms with van der Waals surface area (Å²) in [6.07, 6.45) is -9.96. The monoisotopic (exact) mass is 450 g/mol. The molecule has 0 aromatic heterocycles. The maximum Gasteiger partial charge on any atom is 0.416 e. The summed E-state index contributed by atoms with van der Waals surface area (Å²) in [5.41, 5.74) is -3.86. The molecule has 29 heavy (non-hydrogen) atoms. The van der Waals surface area contributed by atoms with Crippen LogP contribution in [-0.2, 0) is 32.9 Å². The minimum Gasteiger partial charge on any atom is -0.544 e. The molecule has 1 aromatic carbocycles. The van der Waals surface area contributed by atoms with Crippen molar-refractivity contribution in [1.29, 1.82) is 0 Å². The smallest absolute Gasteiger partial charge is 0.416 e. The Kier molecular flexibility index (Phi) is 7.71. The Morgan fingerprint density at radius 3 is 1.93 bits per heavy atom. The van der Waals surface area contributed by atoms with E-state index in [1.165, 1.54) is 0 Å². The maximum absolute atomic E-state index is 12.8. The first kappa shape index (κ1) is 25.2. The van der Waals surface area contributed by atoms with E-state index in [4.69, 9.17) is 0 Å². The van der Waals surface area contributed by atoms with Crippen LogP contribution in [0.4, 0.5) is 26.3 Å². The zero-order valence-electron chi connectivity index (χ0n) is 15.5. The number of benzene rings is 1. The Bertz CT molecular complexity index is 803. The quantitative estimate of drug-likeness (QED) is 0.350. The van der Waals surface area contributed by atoms with E-state index in [9.17, 15) is 44.7 Å². The molecule has 0 amide bonds. The molecule has 0 spiro atoms. The van der Waals surface area contributed by atoms with Crippen LogP contribution in [0, 0.1) is 0 Å². The predicted molar refractivity (Wildman–Crippen MR) is 88.5 cm³/mol. The second-order valence-corrected chi connectivity index (χ2v) is 8.92. The molecule has 0 aliphatic rings. The van der Waals surface area contributed by atoms with Crippen molar-refractivity contribution in [1.82, 2.24) is 4.72 Å². The average molecular weight is 450 g/mol. The fraction of sp³-hybridized carbons (Fsp3) is 0.562. The molecule has 1 rings (SSSR count). The normalized spacial score (nSPS) is 13.5. The molecule has 0 aliphatic heterocycles. The number of carbonyl (C=O) groups is 1. The van der Waals surface area contributed by atoms with E-state index >= 15 is 0 Å². The number of aliphatic carboxylic acids is 1. The van der Waals surface area contributed by atoms with Gasteiger partial charge in [0.2, 0.25) is 10.0 Å². The molecule has 0 bridgehead atoms. The van der Waals surface area contributed by atoms with Gasteiger partial charge in [-0.2, -0.15) is 26.3 Å². The van der Waals surface area contributed by atoms with E-state index in [2.05, 4.69) is 4.72 Å². The summed E-state index contributed by atoms with van der Waals surface area (Å²) in [6, 6.07) is 0.628. The van der Waals surface area contributed by atoms with Gasteiger partial charge in [-0.25, -0.2) is 13.1 Å². The molecule has 0 radical (unpaired) electrons. The second kappa shape index (κ2) is 8.88. The van der Waals surface area contributed by atoms with E-state index in [0.29, 0.717) is 12.1 Å². The number of alkyl halides is 6. The highest BCUT2D eigenvalue weighted by molar-refractivity contribution is 7.88. The molecular formula is C16H20F6N2O4S. The second-order valence-electron chi connectivity index (χ2n) is 7.11. The number of carboxylic acid groups (broad SMARTS) is 1. The largest absolute Gasteiger partial charge is 0.544 e. The molecule has 0 unspecified atom stereocenters. The summed E-state index contributed by atoms with van der Waals surface area (Å²) in [4.78, 5) is 10.6. The van der Waals surface area contributed by atoms with Crippen molar-refractivity contribution in [2.75, 3.05) is 33.7 Å². The third-order valence-corrected chi connectivity index (χ3v) is 5.18. The van der Waals surface area contributed by atoms with Crippen LogP contribution in [0.25, 0.3) is 0 Å². The van der Waals surface area contributed by atoms with E-state index < -0.39 is 50.8 Å². The summed E-state index contributed by atoms with van der Waals surface area (Å²) < 4.78 is 103. The maximum atomic E-state index is 12.8. The fourth-order valence-corrected chi connectivity index (χ4v) is 3.70. The topological polar surface area (TPSA) is 86.3 Å². The van der Waals surface area contributed by atoms with Gasteiger partial charge in [0.1, 0.15) is 6.54 Å². The van der Waals surface area contributed by atoms with Crippen LogP contribution in [0.1, 0.15) is 23.1 Å². The third kappa shape index (κ3) is 9.00. The number of rotatable bonds is 9. The Balaban J connectivity index is 2.86. The Morgan fingerprint density at radius 2 is 1.52 bits per heavy atom. The van der Waals surface area contributed by atoms with Gasteiger partial charge in [-0.3, -0.25) is 0 Å². The van der Waals surface area contributed by atoms with E-state index in [1.807, 2.05) is 0 Å². The van der Waals surface area contributed by atoms with Crippen molar-refractivity contribution in [3.05, 3.63) is 34.9 Å². The van der Waals surface area contributed by atoms with Gasteiger partial charge in [0.15, 0.2) is 0 Å². The van der Waals surface area contributed by atoms with Crippen LogP contribution in [0.2, 0.25) is 0 Å². The molecule has 0 saturated heterocycles. The summed E-state index contributed by atoms with van der Waals surface area (Å²) in [5, 5.41) is 10.6. The van der Waals surface area contributed by atoms with Crippen LogP contribution in [-0.4, -0.2) is 52.6 Å². The summed E-state index contributed by atoms with van der Waals surface area (Å²) in [5.74, 6) is -2.36. The molecule has 0 heterocycles. The van der Waals surface area contributed by atoms with Crippen molar-refractivity contribution < 1.29 is 49.1 Å². The number of hydrogen-bond donors (Lipinski definition) is 1. The summed E-state index contributed by atoms with van der Waals surface area (Å²) >= 11 is 0. The number of nitrogens with one attached hydrogen (secondary N) is 1. The van der Waals surface area contributed by atoms with E-state index in [1.54, 1.807) is 14.1 Å². The van der Waals surface area contributed by atoms with Gasteiger partial charge in [-0.1, -0.05) is 0 Å². The minimum atomic E-state index is -5.07. The van der Waals surface area contributed by atoms with Gasteiger partial charge in [0.25, 0.3) is 0 Å². The number of nitrogens with zero attached hydrogens (tertiary/aromatic N) is 1. The molecule has 13 heteroatoms. The predicted octanol–water partition coefficient (Wildman–Crippen LogP) is 1.36. The van der Waals surface area contributed by atoms with Crippen LogP contribution in [0.5, 0.6) is 0 Å². The van der Waals surface area contributed by atoms with Gasteiger partial charge in [0.05, 0.1) is 43.5 Å². The van der Waals surface area contributed by atoms with Crippen molar-refractivity contribution in [3.8, 4) is 0 Å². The summed E-state index contributed by atoms with van der Waals surface area (Å²) in [6.45, 7) is -0.225. The first-order chi connectivity index (χ1) is 12.9. The number of carboxylic acids is 1. The molecule has 166 valence electrons. The number of quaternary nitrogens is 1. The highest BCUT2D eigenvalue weighted by Crippen LogP contribution is 2.36. The third-order valence-electron chi connectivity index (χ3n) is 3.82. The highest BCUT2D eigenvalue weighted by atomic mass is 32.2. The lowest BCUT2D eigenvalue weighted by Gasteiger charge is -2.30. The number of likely N-dealkylation sites (N-methyl/N-ethyl adjacent to an activating group) is 1. The standard InChI is InChI=1S/C16H20F6N2O4S/c1-24(2,9-14(25)26)5-3-4-23-29(27,28)10-11-6-12(15(17,18)19)8-13(7-11)16(20,21)22/h6-8,23H,3-5,9-10H2,1-2H3.